The number of nitrogens with one attached hydrogen (secondary N) is 1. The van der Waals surface area contributed by atoms with Gasteiger partial charge in [0.15, 0.2) is 0 Å². The molecule has 29 heavy (non-hydrogen) atoms. The Bertz CT molecular complexity index is 954. The Hall–Kier alpha value is -2.68. The number of aryl methyl sites for hydroxylation is 1. The lowest BCUT2D eigenvalue weighted by molar-refractivity contribution is -0.992. The standard InChI is InChI=1S/C21H25N3O5/c1-29-17-5-2-14(3-6-17)4-9-20(25)22-11-15-10-16(13-22)18-7-8-19(24(27)28)21(26)23(18)12-15/h2-3,5-8,15-16,24,27H,4,9-13H2,1H3/t15-,16-/m1/s1. The Kier molecular flexibility index (Phi) is 5.40. The Morgan fingerprint density at radius 1 is 1.21 bits per heavy atom. The van der Waals surface area contributed by atoms with Gasteiger partial charge in [-0.25, -0.2) is 5.21 Å². The van der Waals surface area contributed by atoms with Gasteiger partial charge in [0.1, 0.15) is 5.75 Å². The van der Waals surface area contributed by atoms with E-state index in [4.69, 9.17) is 4.74 Å². The van der Waals surface area contributed by atoms with Crippen molar-refractivity contribution in [3.63, 3.8) is 0 Å². The predicted octanol–water partition coefficient (Wildman–Crippen LogP) is 0.839. The third-order valence-electron chi connectivity index (χ3n) is 5.97. The Morgan fingerprint density at radius 2 is 1.97 bits per heavy atom. The maximum absolute atomic E-state index is 12.8. The molecule has 1 aromatic heterocycles. The highest BCUT2D eigenvalue weighted by molar-refractivity contribution is 5.76. The Balaban J connectivity index is 1.44. The number of amides is 1. The molecule has 1 saturated heterocycles. The minimum absolute atomic E-state index is 0.0722. The molecule has 154 valence electrons. The molecule has 3 heterocycles. The average molecular weight is 399 g/mol. The highest BCUT2D eigenvalue weighted by Gasteiger charge is 2.36. The molecular formula is C21H25N3O5. The number of benzene rings is 1. The zero-order valence-electron chi connectivity index (χ0n) is 16.3. The van der Waals surface area contributed by atoms with Crippen LogP contribution in [0, 0.1) is 11.1 Å². The van der Waals surface area contributed by atoms with Crippen molar-refractivity contribution >= 4 is 11.6 Å². The first-order chi connectivity index (χ1) is 14.0. The minimum atomic E-state index is -1.20. The molecule has 2 aliphatic rings. The first-order valence-corrected chi connectivity index (χ1v) is 9.84. The summed E-state index contributed by atoms with van der Waals surface area (Å²) in [5, 5.41) is 19.2. The molecule has 8 heteroatoms. The lowest BCUT2D eigenvalue weighted by Gasteiger charge is -2.43. The molecule has 2 aromatic rings. The SMILES string of the molecule is COc1ccc(CCC(=O)N2C[C@H]3C[C@H](C2)c2ccc([NH+]([O-])O)c(=O)n2C3)cc1. The lowest BCUT2D eigenvalue weighted by Crippen LogP contribution is -3.00. The van der Waals surface area contributed by atoms with Crippen LogP contribution in [0.25, 0.3) is 0 Å². The largest absolute Gasteiger partial charge is 0.595 e. The van der Waals surface area contributed by atoms with Crippen LogP contribution in [0.1, 0.15) is 30.0 Å². The quantitative estimate of drug-likeness (QED) is 0.726. The monoisotopic (exact) mass is 399 g/mol. The highest BCUT2D eigenvalue weighted by atomic mass is 16.8. The summed E-state index contributed by atoms with van der Waals surface area (Å²) in [6.45, 7) is 1.65. The van der Waals surface area contributed by atoms with E-state index in [-0.39, 0.29) is 23.4 Å². The molecule has 1 aromatic carbocycles. The lowest BCUT2D eigenvalue weighted by atomic mass is 9.83. The van der Waals surface area contributed by atoms with E-state index in [0.29, 0.717) is 32.5 Å². The van der Waals surface area contributed by atoms with E-state index in [2.05, 4.69) is 0 Å². The fourth-order valence-corrected chi connectivity index (χ4v) is 4.51. The van der Waals surface area contributed by atoms with Gasteiger partial charge < -0.3 is 19.4 Å². The highest BCUT2D eigenvalue weighted by Crippen LogP contribution is 2.35. The maximum atomic E-state index is 12.8. The maximum Gasteiger partial charge on any atom is 0.315 e. The topological polar surface area (TPSA) is 99.3 Å². The smallest absolute Gasteiger partial charge is 0.315 e. The summed E-state index contributed by atoms with van der Waals surface area (Å²) < 4.78 is 6.76. The summed E-state index contributed by atoms with van der Waals surface area (Å²) in [7, 11) is 1.63. The van der Waals surface area contributed by atoms with Crippen LogP contribution in [-0.4, -0.2) is 40.8 Å². The van der Waals surface area contributed by atoms with Gasteiger partial charge in [0.05, 0.1) is 7.11 Å². The van der Waals surface area contributed by atoms with Crippen LogP contribution in [0.2, 0.25) is 0 Å². The number of nitrogens with zero attached hydrogens (tertiary/aromatic N) is 2. The number of carbonyl (C=O) groups is 1. The second-order valence-electron chi connectivity index (χ2n) is 7.84. The number of carbonyl (C=O) groups excluding carboxylic acids is 1. The number of rotatable bonds is 5. The molecule has 1 unspecified atom stereocenters. The molecule has 0 radical (unpaired) electrons. The van der Waals surface area contributed by atoms with Gasteiger partial charge in [-0.3, -0.25) is 9.59 Å². The van der Waals surface area contributed by atoms with Gasteiger partial charge in [-0.15, -0.1) is 0 Å². The van der Waals surface area contributed by atoms with Crippen LogP contribution in [-0.2, 0) is 17.8 Å². The number of pyridine rings is 1. The fraction of sp³-hybridized carbons (Fsp3) is 0.429. The van der Waals surface area contributed by atoms with E-state index in [1.807, 2.05) is 29.2 Å². The third kappa shape index (κ3) is 3.91. The molecule has 0 aliphatic carbocycles. The number of hydrogen-bond donors (Lipinski definition) is 2. The molecule has 2 aliphatic heterocycles. The van der Waals surface area contributed by atoms with E-state index < -0.39 is 10.8 Å². The van der Waals surface area contributed by atoms with Gasteiger partial charge in [0.25, 0.3) is 0 Å². The van der Waals surface area contributed by atoms with Crippen molar-refractivity contribution in [2.24, 2.45) is 5.92 Å². The van der Waals surface area contributed by atoms with Gasteiger partial charge in [-0.2, -0.15) is 5.23 Å². The normalized spacial score (nSPS) is 21.4. The molecule has 2 N–H and O–H groups in total. The number of quaternary nitrogens is 1. The summed E-state index contributed by atoms with van der Waals surface area (Å²) >= 11 is 0. The zero-order chi connectivity index (χ0) is 20.5. The summed E-state index contributed by atoms with van der Waals surface area (Å²) in [4.78, 5) is 27.2. The zero-order valence-corrected chi connectivity index (χ0v) is 16.3. The molecule has 0 saturated carbocycles. The van der Waals surface area contributed by atoms with Crippen molar-refractivity contribution in [3.8, 4) is 5.75 Å². The molecule has 1 fully saturated rings. The van der Waals surface area contributed by atoms with Crippen molar-refractivity contribution in [2.45, 2.75) is 31.7 Å². The number of piperidine rings is 1. The Morgan fingerprint density at radius 3 is 2.66 bits per heavy atom. The number of aromatic nitrogens is 1. The van der Waals surface area contributed by atoms with Gasteiger partial charge in [-0.1, -0.05) is 12.1 Å². The van der Waals surface area contributed by atoms with Gasteiger partial charge in [-0.05, 0) is 42.5 Å². The summed E-state index contributed by atoms with van der Waals surface area (Å²) in [5.74, 6) is 1.16. The van der Waals surface area contributed by atoms with Gasteiger partial charge in [0.2, 0.25) is 11.6 Å². The number of likely N-dealkylation sites (tertiary alicyclic amines) is 1. The van der Waals surface area contributed by atoms with Crippen LogP contribution in [0.5, 0.6) is 5.75 Å². The molecule has 0 spiro atoms. The van der Waals surface area contributed by atoms with E-state index in [1.54, 1.807) is 17.7 Å². The number of hydrogen-bond acceptors (Lipinski definition) is 5. The van der Waals surface area contributed by atoms with E-state index in [1.165, 1.54) is 6.07 Å². The minimum Gasteiger partial charge on any atom is -0.595 e. The molecule has 2 bridgehead atoms. The van der Waals surface area contributed by atoms with Crippen molar-refractivity contribution in [1.82, 2.24) is 9.47 Å². The van der Waals surface area contributed by atoms with Crippen LogP contribution in [0.3, 0.4) is 0 Å². The summed E-state index contributed by atoms with van der Waals surface area (Å²) in [5.41, 5.74) is 1.29. The van der Waals surface area contributed by atoms with Crippen LogP contribution in [0.4, 0.5) is 5.69 Å². The molecule has 3 atom stereocenters. The van der Waals surface area contributed by atoms with E-state index in [0.717, 1.165) is 23.4 Å². The second-order valence-corrected chi connectivity index (χ2v) is 7.84. The molecule has 8 nitrogen and oxygen atoms in total. The number of fused-ring (bicyclic) bond motifs is 4. The number of methoxy groups -OCH3 is 1. The predicted molar refractivity (Wildman–Crippen MR) is 105 cm³/mol. The fourth-order valence-electron chi connectivity index (χ4n) is 4.51. The molecule has 1 amide bonds. The molecule has 4 rings (SSSR count). The first kappa shape index (κ1) is 19.6. The van der Waals surface area contributed by atoms with E-state index in [9.17, 15) is 20.0 Å². The summed E-state index contributed by atoms with van der Waals surface area (Å²) in [6.07, 6.45) is 2.04. The van der Waals surface area contributed by atoms with Crippen LogP contribution >= 0.6 is 0 Å². The number of ether oxygens (including phenoxy) is 1. The van der Waals surface area contributed by atoms with E-state index >= 15 is 0 Å². The average Bonchev–Trinajstić information content (AvgIpc) is 2.72. The molecular weight excluding hydrogens is 374 g/mol. The third-order valence-corrected chi connectivity index (χ3v) is 5.97. The van der Waals surface area contributed by atoms with Crippen molar-refractivity contribution < 1.29 is 20.0 Å². The van der Waals surface area contributed by atoms with Crippen molar-refractivity contribution in [3.05, 3.63) is 63.2 Å². The van der Waals surface area contributed by atoms with Crippen molar-refractivity contribution in [1.29, 1.82) is 0 Å². The summed E-state index contributed by atoms with van der Waals surface area (Å²) in [6, 6.07) is 10.9. The van der Waals surface area contributed by atoms with Crippen LogP contribution in [0.15, 0.2) is 41.2 Å². The Labute approximate surface area is 168 Å². The second kappa shape index (κ2) is 7.98. The van der Waals surface area contributed by atoms with Gasteiger partial charge in [0, 0.05) is 43.7 Å². The first-order valence-electron chi connectivity index (χ1n) is 9.84. The van der Waals surface area contributed by atoms with Gasteiger partial charge >= 0.3 is 5.56 Å². The van der Waals surface area contributed by atoms with Crippen LogP contribution < -0.4 is 15.5 Å². The van der Waals surface area contributed by atoms with Crippen molar-refractivity contribution in [2.75, 3.05) is 20.2 Å².